The van der Waals surface area contributed by atoms with E-state index in [1.165, 1.54) is 83.5 Å². The van der Waals surface area contributed by atoms with Crippen LogP contribution in [0.5, 0.6) is 0 Å². The lowest BCUT2D eigenvalue weighted by Crippen LogP contribution is -2.15. The quantitative estimate of drug-likeness (QED) is 0.0752. The van der Waals surface area contributed by atoms with Crippen molar-refractivity contribution in [1.82, 2.24) is 0 Å². The predicted molar refractivity (Wildman–Crippen MR) is 138 cm³/mol. The molecule has 0 aliphatic heterocycles. The van der Waals surface area contributed by atoms with Crippen LogP contribution in [0.25, 0.3) is 0 Å². The fourth-order valence-electron chi connectivity index (χ4n) is 3.57. The van der Waals surface area contributed by atoms with Crippen LogP contribution < -0.4 is 0 Å². The molecule has 0 rings (SSSR count). The number of hydrogen-bond acceptors (Lipinski definition) is 6. The summed E-state index contributed by atoms with van der Waals surface area (Å²) in [5.41, 5.74) is 0.373. The zero-order valence-electron chi connectivity index (χ0n) is 22.2. The Kier molecular flexibility index (Phi) is 25.1. The van der Waals surface area contributed by atoms with Crippen molar-refractivity contribution in [3.8, 4) is 0 Å². The maximum Gasteiger partial charge on any atom is 0.333 e. The Bertz CT molecular complexity index is 491. The molecule has 0 aromatic heterocycles. The van der Waals surface area contributed by atoms with Gasteiger partial charge in [0.05, 0.1) is 26.4 Å². The Hall–Kier alpha value is -1.40. The third-order valence-corrected chi connectivity index (χ3v) is 5.66. The van der Waals surface area contributed by atoms with Gasteiger partial charge >= 0.3 is 11.9 Å². The number of hydrogen-bond donors (Lipinski definition) is 0. The molecular weight excluding hydrogens is 432 g/mol. The van der Waals surface area contributed by atoms with E-state index in [9.17, 15) is 9.59 Å². The summed E-state index contributed by atoms with van der Waals surface area (Å²) in [7, 11) is 0. The highest BCUT2D eigenvalue weighted by atomic mass is 16.6. The molecule has 34 heavy (non-hydrogen) atoms. The Morgan fingerprint density at radius 1 is 0.559 bits per heavy atom. The van der Waals surface area contributed by atoms with Crippen LogP contribution in [0.4, 0.5) is 0 Å². The van der Waals surface area contributed by atoms with Crippen molar-refractivity contribution in [3.05, 3.63) is 12.2 Å². The first kappa shape index (κ1) is 32.6. The molecule has 0 radical (unpaired) electrons. The molecule has 200 valence electrons. The van der Waals surface area contributed by atoms with Crippen LogP contribution in [0, 0.1) is 0 Å². The zero-order chi connectivity index (χ0) is 25.1. The summed E-state index contributed by atoms with van der Waals surface area (Å²) >= 11 is 0. The molecule has 0 amide bonds. The molecule has 0 saturated carbocycles. The van der Waals surface area contributed by atoms with Gasteiger partial charge in [0.25, 0.3) is 0 Å². The summed E-state index contributed by atoms with van der Waals surface area (Å²) in [6.45, 7) is 9.33. The van der Waals surface area contributed by atoms with E-state index < -0.39 is 5.97 Å². The molecule has 0 aliphatic rings. The van der Waals surface area contributed by atoms with Crippen molar-refractivity contribution >= 4 is 11.9 Å². The molecule has 0 unspecified atom stereocenters. The van der Waals surface area contributed by atoms with Crippen LogP contribution in [0.3, 0.4) is 0 Å². The van der Waals surface area contributed by atoms with Gasteiger partial charge in [-0.05, 0) is 13.3 Å². The fraction of sp³-hybridized carbons (Fsp3) is 0.857. The maximum atomic E-state index is 11.7. The minimum absolute atomic E-state index is 0.145. The van der Waals surface area contributed by atoms with E-state index in [0.717, 1.165) is 12.8 Å². The molecule has 0 aromatic carbocycles. The maximum absolute atomic E-state index is 11.7. The summed E-state index contributed by atoms with van der Waals surface area (Å²) in [5, 5.41) is 0. The van der Waals surface area contributed by atoms with E-state index in [-0.39, 0.29) is 19.2 Å². The summed E-state index contributed by atoms with van der Waals surface area (Å²) in [5.74, 6) is -0.556. The molecule has 0 bridgehead atoms. The third kappa shape index (κ3) is 25.2. The van der Waals surface area contributed by atoms with Gasteiger partial charge in [-0.2, -0.15) is 0 Å². The minimum atomic E-state index is -0.411. The molecular formula is C28H52O6. The predicted octanol–water partition coefficient (Wildman–Crippen LogP) is 6.94. The summed E-state index contributed by atoms with van der Waals surface area (Å²) in [6, 6.07) is 0. The molecule has 0 saturated heterocycles. The van der Waals surface area contributed by atoms with Crippen LogP contribution in [-0.2, 0) is 28.5 Å². The highest BCUT2D eigenvalue weighted by Crippen LogP contribution is 2.13. The van der Waals surface area contributed by atoms with Gasteiger partial charge in [-0.3, -0.25) is 4.79 Å². The van der Waals surface area contributed by atoms with E-state index in [1.807, 2.05) is 0 Å². The minimum Gasteiger partial charge on any atom is -0.463 e. The smallest absolute Gasteiger partial charge is 0.333 e. The first-order chi connectivity index (χ1) is 16.6. The average molecular weight is 485 g/mol. The van der Waals surface area contributed by atoms with Crippen molar-refractivity contribution in [2.24, 2.45) is 0 Å². The van der Waals surface area contributed by atoms with Gasteiger partial charge in [-0.25, -0.2) is 4.79 Å². The fourth-order valence-corrected chi connectivity index (χ4v) is 3.57. The number of carbonyl (C=O) groups is 2. The second-order valence-corrected chi connectivity index (χ2v) is 9.06. The second-order valence-electron chi connectivity index (χ2n) is 9.06. The molecule has 6 nitrogen and oxygen atoms in total. The SMILES string of the molecule is C=C(C)C(=O)OCCOCCOCCOC(=O)CCCCCCCCCCCCCCCCC. The van der Waals surface area contributed by atoms with Crippen LogP contribution in [0.2, 0.25) is 0 Å². The first-order valence-corrected chi connectivity index (χ1v) is 13.7. The topological polar surface area (TPSA) is 71.1 Å². The van der Waals surface area contributed by atoms with E-state index in [4.69, 9.17) is 18.9 Å². The molecule has 0 aromatic rings. The Labute approximate surface area is 209 Å². The molecule has 0 heterocycles. The molecule has 0 N–H and O–H groups in total. The number of unbranched alkanes of at least 4 members (excludes halogenated alkanes) is 14. The van der Waals surface area contributed by atoms with Crippen molar-refractivity contribution in [3.63, 3.8) is 0 Å². The van der Waals surface area contributed by atoms with Crippen LogP contribution in [0.15, 0.2) is 12.2 Å². The zero-order valence-corrected chi connectivity index (χ0v) is 22.2. The van der Waals surface area contributed by atoms with Gasteiger partial charge in [0, 0.05) is 12.0 Å². The first-order valence-electron chi connectivity index (χ1n) is 13.7. The van der Waals surface area contributed by atoms with E-state index in [0.29, 0.717) is 38.4 Å². The molecule has 0 spiro atoms. The van der Waals surface area contributed by atoms with Gasteiger partial charge in [-0.1, -0.05) is 103 Å². The van der Waals surface area contributed by atoms with E-state index in [2.05, 4.69) is 13.5 Å². The van der Waals surface area contributed by atoms with Gasteiger partial charge in [-0.15, -0.1) is 0 Å². The largest absolute Gasteiger partial charge is 0.463 e. The highest BCUT2D eigenvalue weighted by molar-refractivity contribution is 5.86. The van der Waals surface area contributed by atoms with Crippen LogP contribution in [0.1, 0.15) is 117 Å². The lowest BCUT2D eigenvalue weighted by atomic mass is 10.0. The molecule has 6 heteroatoms. The Balaban J connectivity index is 3.20. The normalized spacial score (nSPS) is 10.9. The van der Waals surface area contributed by atoms with Gasteiger partial charge < -0.3 is 18.9 Å². The third-order valence-electron chi connectivity index (χ3n) is 5.66. The van der Waals surface area contributed by atoms with Crippen molar-refractivity contribution in [2.45, 2.75) is 117 Å². The summed E-state index contributed by atoms with van der Waals surface area (Å²) in [6.07, 6.45) is 20.2. The lowest BCUT2D eigenvalue weighted by molar-refractivity contribution is -0.146. The van der Waals surface area contributed by atoms with Gasteiger partial charge in [0.1, 0.15) is 13.2 Å². The molecule has 0 atom stereocenters. The van der Waals surface area contributed by atoms with Crippen LogP contribution in [-0.4, -0.2) is 51.6 Å². The lowest BCUT2D eigenvalue weighted by Gasteiger charge is -2.08. The van der Waals surface area contributed by atoms with Gasteiger partial charge in [0.15, 0.2) is 0 Å². The Morgan fingerprint density at radius 3 is 1.38 bits per heavy atom. The monoisotopic (exact) mass is 484 g/mol. The summed E-state index contributed by atoms with van der Waals surface area (Å²) in [4.78, 5) is 22.9. The van der Waals surface area contributed by atoms with Gasteiger partial charge in [0.2, 0.25) is 0 Å². The number of rotatable bonds is 26. The second kappa shape index (κ2) is 26.2. The number of carbonyl (C=O) groups excluding carboxylic acids is 2. The van der Waals surface area contributed by atoms with E-state index in [1.54, 1.807) is 6.92 Å². The standard InChI is InChI=1S/C28H52O6/c1-4-5-6-7-8-9-10-11-12-13-14-15-16-17-18-19-27(29)33-24-22-31-20-21-32-23-25-34-28(30)26(2)3/h2,4-25H2,1,3H3. The highest BCUT2D eigenvalue weighted by Gasteiger charge is 2.03. The average Bonchev–Trinajstić information content (AvgIpc) is 2.82. The molecule has 0 aliphatic carbocycles. The number of ether oxygens (including phenoxy) is 4. The van der Waals surface area contributed by atoms with Crippen LogP contribution >= 0.6 is 0 Å². The van der Waals surface area contributed by atoms with E-state index >= 15 is 0 Å². The summed E-state index contributed by atoms with van der Waals surface area (Å²) < 4.78 is 20.7. The van der Waals surface area contributed by atoms with Crippen molar-refractivity contribution in [2.75, 3.05) is 39.6 Å². The van der Waals surface area contributed by atoms with Crippen molar-refractivity contribution in [1.29, 1.82) is 0 Å². The van der Waals surface area contributed by atoms with Crippen molar-refractivity contribution < 1.29 is 28.5 Å². The number of esters is 2. The molecule has 0 fully saturated rings. The Morgan fingerprint density at radius 2 is 0.941 bits per heavy atom.